The molecule has 7 atom stereocenters. The standard InChI is InChI=1S/C28H39N2O11P/c1-17(2)14-22(27(34)38-16-19-8-6-5-7-9-19)30-42(36,40-21-12-10-20(37-4)11-13-21)41-26-24(29-18(3)32)28(35)39-23(15-31)25(26)33/h5-13,17,22-26,28,31,33,35H,14-16H2,1-4H3,(H,29,32)(H,30,36)/t22-,23+,24+,25+,26+,28?,42?/m0/s1. The highest BCUT2D eigenvalue weighted by Crippen LogP contribution is 2.48. The van der Waals surface area contributed by atoms with Crippen LogP contribution in [0.25, 0.3) is 0 Å². The van der Waals surface area contributed by atoms with Gasteiger partial charge in [0.15, 0.2) is 6.29 Å². The van der Waals surface area contributed by atoms with Gasteiger partial charge in [0, 0.05) is 6.92 Å². The Labute approximate surface area is 244 Å². The maximum atomic E-state index is 14.5. The molecule has 0 radical (unpaired) electrons. The minimum Gasteiger partial charge on any atom is -0.497 e. The molecular weight excluding hydrogens is 571 g/mol. The van der Waals surface area contributed by atoms with Crippen molar-refractivity contribution in [1.29, 1.82) is 0 Å². The third-order valence-electron chi connectivity index (χ3n) is 6.32. The molecule has 2 aromatic carbocycles. The average molecular weight is 611 g/mol. The van der Waals surface area contributed by atoms with Gasteiger partial charge in [0.05, 0.1) is 13.7 Å². The van der Waals surface area contributed by atoms with Crippen molar-refractivity contribution >= 4 is 19.6 Å². The highest BCUT2D eigenvalue weighted by Gasteiger charge is 2.50. The Balaban J connectivity index is 1.95. The molecule has 1 heterocycles. The summed E-state index contributed by atoms with van der Waals surface area (Å²) in [6, 6.07) is 12.4. The van der Waals surface area contributed by atoms with Gasteiger partial charge in [-0.15, -0.1) is 0 Å². The number of amides is 1. The van der Waals surface area contributed by atoms with Gasteiger partial charge in [0.25, 0.3) is 0 Å². The number of carbonyl (C=O) groups excluding carboxylic acids is 2. The van der Waals surface area contributed by atoms with E-state index in [1.165, 1.54) is 26.2 Å². The first-order valence-corrected chi connectivity index (χ1v) is 15.0. The molecule has 2 unspecified atom stereocenters. The first-order valence-electron chi connectivity index (χ1n) is 13.4. The van der Waals surface area contributed by atoms with Crippen LogP contribution in [0.5, 0.6) is 11.5 Å². The second kappa shape index (κ2) is 15.4. The number of benzene rings is 2. The molecule has 13 nitrogen and oxygen atoms in total. The Bertz CT molecular complexity index is 1200. The van der Waals surface area contributed by atoms with Crippen LogP contribution in [0.2, 0.25) is 0 Å². The molecule has 5 N–H and O–H groups in total. The monoisotopic (exact) mass is 610 g/mol. The number of aliphatic hydroxyl groups is 3. The normalized spacial score (nSPS) is 24.3. The summed E-state index contributed by atoms with van der Waals surface area (Å²) in [5, 5.41) is 36.2. The summed E-state index contributed by atoms with van der Waals surface area (Å²) in [7, 11) is -3.16. The molecule has 1 aliphatic heterocycles. The second-order valence-corrected chi connectivity index (χ2v) is 11.8. The smallest absolute Gasteiger partial charge is 0.459 e. The molecule has 1 aliphatic rings. The lowest BCUT2D eigenvalue weighted by Gasteiger charge is -2.43. The van der Waals surface area contributed by atoms with E-state index in [4.69, 9.17) is 23.3 Å². The molecule has 1 fully saturated rings. The summed E-state index contributed by atoms with van der Waals surface area (Å²) in [5.74, 6) is -0.847. The van der Waals surface area contributed by atoms with E-state index in [-0.39, 0.29) is 24.7 Å². The van der Waals surface area contributed by atoms with Crippen molar-refractivity contribution in [3.63, 3.8) is 0 Å². The van der Waals surface area contributed by atoms with Gasteiger partial charge in [0.1, 0.15) is 48.5 Å². The number of esters is 1. The third kappa shape index (κ3) is 9.50. The van der Waals surface area contributed by atoms with Crippen molar-refractivity contribution in [2.24, 2.45) is 5.92 Å². The topological polar surface area (TPSA) is 182 Å². The Hall–Kier alpha value is -3.03. The number of carbonyl (C=O) groups is 2. The Morgan fingerprint density at radius 3 is 2.26 bits per heavy atom. The fourth-order valence-corrected chi connectivity index (χ4v) is 6.03. The predicted octanol–water partition coefficient (Wildman–Crippen LogP) is 1.89. The van der Waals surface area contributed by atoms with Crippen molar-refractivity contribution in [3.05, 3.63) is 60.2 Å². The summed E-state index contributed by atoms with van der Waals surface area (Å²) < 4.78 is 42.0. The van der Waals surface area contributed by atoms with E-state index in [9.17, 15) is 29.5 Å². The van der Waals surface area contributed by atoms with Crippen molar-refractivity contribution in [1.82, 2.24) is 10.4 Å². The summed E-state index contributed by atoms with van der Waals surface area (Å²) >= 11 is 0. The molecule has 0 spiro atoms. The minimum atomic E-state index is -4.63. The maximum absolute atomic E-state index is 14.5. The zero-order valence-electron chi connectivity index (χ0n) is 23.9. The fraction of sp³-hybridized carbons (Fsp3) is 0.500. The molecule has 1 amide bonds. The molecule has 232 valence electrons. The minimum absolute atomic E-state index is 0.0336. The van der Waals surface area contributed by atoms with E-state index in [0.29, 0.717) is 5.75 Å². The Morgan fingerprint density at radius 1 is 1.05 bits per heavy atom. The van der Waals surface area contributed by atoms with Crippen LogP contribution in [0, 0.1) is 5.92 Å². The molecule has 1 saturated heterocycles. The zero-order valence-corrected chi connectivity index (χ0v) is 24.8. The highest BCUT2D eigenvalue weighted by molar-refractivity contribution is 7.52. The van der Waals surface area contributed by atoms with Crippen molar-refractivity contribution in [3.8, 4) is 11.5 Å². The number of nitrogens with one attached hydrogen (secondary N) is 2. The van der Waals surface area contributed by atoms with Crippen LogP contribution in [0.4, 0.5) is 0 Å². The number of ether oxygens (including phenoxy) is 3. The maximum Gasteiger partial charge on any atom is 0.459 e. The SMILES string of the molecule is COc1ccc(OP(=O)(N[C@@H](CC(C)C)C(=O)OCc2ccccc2)O[C@H]2[C@H](O)[C@@H](CO)OC(O)[C@@H]2NC(C)=O)cc1. The summed E-state index contributed by atoms with van der Waals surface area (Å²) in [4.78, 5) is 25.2. The molecule has 0 aromatic heterocycles. The third-order valence-corrected chi connectivity index (χ3v) is 7.92. The lowest BCUT2D eigenvalue weighted by Crippen LogP contribution is -2.64. The van der Waals surface area contributed by atoms with Gasteiger partial charge in [-0.05, 0) is 42.2 Å². The van der Waals surface area contributed by atoms with E-state index in [0.717, 1.165) is 5.56 Å². The van der Waals surface area contributed by atoms with E-state index in [1.54, 1.807) is 36.4 Å². The number of aliphatic hydroxyl groups excluding tert-OH is 3. The Kier molecular flexibility index (Phi) is 12.3. The molecule has 0 saturated carbocycles. The van der Waals surface area contributed by atoms with Crippen LogP contribution in [-0.2, 0) is 34.8 Å². The predicted molar refractivity (Wildman–Crippen MR) is 150 cm³/mol. The second-order valence-electron chi connectivity index (χ2n) is 10.2. The molecule has 0 aliphatic carbocycles. The molecule has 3 rings (SSSR count). The van der Waals surface area contributed by atoms with Crippen LogP contribution in [0.3, 0.4) is 0 Å². The number of hydrogen-bond donors (Lipinski definition) is 5. The van der Waals surface area contributed by atoms with Gasteiger partial charge in [-0.1, -0.05) is 44.2 Å². The zero-order chi connectivity index (χ0) is 30.9. The quantitative estimate of drug-likeness (QED) is 0.155. The molecule has 42 heavy (non-hydrogen) atoms. The largest absolute Gasteiger partial charge is 0.497 e. The molecular formula is C28H39N2O11P. The molecule has 14 heteroatoms. The lowest BCUT2D eigenvalue weighted by atomic mass is 9.97. The van der Waals surface area contributed by atoms with Gasteiger partial charge in [-0.25, -0.2) is 4.57 Å². The number of hydrogen-bond acceptors (Lipinski definition) is 11. The summed E-state index contributed by atoms with van der Waals surface area (Å²) in [6.45, 7) is 4.12. The number of methoxy groups -OCH3 is 1. The molecule has 2 aromatic rings. The first kappa shape index (κ1) is 33.5. The van der Waals surface area contributed by atoms with E-state index < -0.39 is 62.9 Å². The van der Waals surface area contributed by atoms with Crippen LogP contribution < -0.4 is 19.7 Å². The van der Waals surface area contributed by atoms with Crippen molar-refractivity contribution < 1.29 is 52.7 Å². The first-order chi connectivity index (χ1) is 19.9. The van der Waals surface area contributed by atoms with Crippen LogP contribution >= 0.6 is 7.75 Å². The van der Waals surface area contributed by atoms with Gasteiger partial charge >= 0.3 is 13.7 Å². The van der Waals surface area contributed by atoms with Crippen LogP contribution in [0.1, 0.15) is 32.8 Å². The lowest BCUT2D eigenvalue weighted by molar-refractivity contribution is -0.250. The van der Waals surface area contributed by atoms with Crippen LogP contribution in [0.15, 0.2) is 54.6 Å². The fourth-order valence-electron chi connectivity index (χ4n) is 4.30. The highest BCUT2D eigenvalue weighted by atomic mass is 31.2. The molecule has 0 bridgehead atoms. The van der Waals surface area contributed by atoms with Gasteiger partial charge in [0.2, 0.25) is 5.91 Å². The van der Waals surface area contributed by atoms with Crippen molar-refractivity contribution in [2.45, 2.75) is 70.5 Å². The average Bonchev–Trinajstić information content (AvgIpc) is 2.95. The number of rotatable bonds is 14. The van der Waals surface area contributed by atoms with E-state index in [1.807, 2.05) is 19.9 Å². The summed E-state index contributed by atoms with van der Waals surface area (Å²) in [5.41, 5.74) is 0.746. The van der Waals surface area contributed by atoms with Gasteiger partial charge in [-0.3, -0.25) is 14.1 Å². The Morgan fingerprint density at radius 2 is 1.69 bits per heavy atom. The van der Waals surface area contributed by atoms with Crippen molar-refractivity contribution in [2.75, 3.05) is 13.7 Å². The van der Waals surface area contributed by atoms with Gasteiger partial charge in [-0.2, -0.15) is 5.09 Å². The van der Waals surface area contributed by atoms with E-state index in [2.05, 4.69) is 10.4 Å². The van der Waals surface area contributed by atoms with Gasteiger partial charge < -0.3 is 39.4 Å². The van der Waals surface area contributed by atoms with Crippen LogP contribution in [-0.4, -0.2) is 77.6 Å². The van der Waals surface area contributed by atoms with E-state index >= 15 is 0 Å². The summed E-state index contributed by atoms with van der Waals surface area (Å²) in [6.07, 6.45) is -6.19.